The Labute approximate surface area is 78.3 Å². The average molecular weight is 140 g/mol. The van der Waals surface area contributed by atoms with Gasteiger partial charge in [0.15, 0.2) is 0 Å². The van der Waals surface area contributed by atoms with Crippen molar-refractivity contribution >= 4 is 35.5 Å². The van der Waals surface area contributed by atoms with Gasteiger partial charge in [-0.15, -0.1) is 0 Å². The summed E-state index contributed by atoms with van der Waals surface area (Å²) in [6, 6.07) is 0. The number of carbonyl (C=O) groups is 1. The Morgan fingerprint density at radius 3 is 2.11 bits per heavy atom. The fraction of sp³-hybridized carbons (Fsp3) is 0.833. The first-order chi connectivity index (χ1) is 3.68. The SMILES string of the molecule is CCOC(=O)C(C)C.[NaH]. The molecule has 0 heterocycles. The van der Waals surface area contributed by atoms with Gasteiger partial charge in [-0.1, -0.05) is 13.8 Å². The second-order valence-corrected chi connectivity index (χ2v) is 1.91. The van der Waals surface area contributed by atoms with Crippen LogP contribution in [-0.4, -0.2) is 42.1 Å². The predicted molar refractivity (Wildman–Crippen MR) is 38.6 cm³/mol. The Hall–Kier alpha value is 0.470. The van der Waals surface area contributed by atoms with Crippen LogP contribution in [0.2, 0.25) is 0 Å². The van der Waals surface area contributed by atoms with Gasteiger partial charge in [-0.3, -0.25) is 4.79 Å². The summed E-state index contributed by atoms with van der Waals surface area (Å²) in [5, 5.41) is 0. The first-order valence-corrected chi connectivity index (χ1v) is 2.85. The number of esters is 1. The van der Waals surface area contributed by atoms with Crippen molar-refractivity contribution in [1.82, 2.24) is 0 Å². The maximum absolute atomic E-state index is 10.5. The molecule has 0 aliphatic carbocycles. The van der Waals surface area contributed by atoms with Gasteiger partial charge < -0.3 is 4.74 Å². The molecule has 0 aliphatic heterocycles. The third-order valence-corrected chi connectivity index (χ3v) is 0.758. The molecule has 0 atom stereocenters. The van der Waals surface area contributed by atoms with Gasteiger partial charge >= 0.3 is 35.5 Å². The van der Waals surface area contributed by atoms with Crippen LogP contribution in [0.3, 0.4) is 0 Å². The zero-order valence-electron chi connectivity index (χ0n) is 5.60. The molecule has 9 heavy (non-hydrogen) atoms. The molecule has 0 aliphatic rings. The molecule has 0 aromatic heterocycles. The standard InChI is InChI=1S/C6H12O2.Na.H/c1-4-8-6(7)5(2)3;;/h5H,4H2,1-3H3;;. The van der Waals surface area contributed by atoms with Gasteiger partial charge in [0, 0.05) is 0 Å². The normalized spacial score (nSPS) is 8.44. The molecular formula is C6H13NaO2. The van der Waals surface area contributed by atoms with Crippen molar-refractivity contribution in [3.05, 3.63) is 0 Å². The molecule has 0 bridgehead atoms. The summed E-state index contributed by atoms with van der Waals surface area (Å²) in [5.74, 6) is -0.109. The van der Waals surface area contributed by atoms with Crippen LogP contribution in [0.25, 0.3) is 0 Å². The van der Waals surface area contributed by atoms with Gasteiger partial charge in [0.1, 0.15) is 0 Å². The monoisotopic (exact) mass is 140 g/mol. The van der Waals surface area contributed by atoms with Crippen molar-refractivity contribution in [2.24, 2.45) is 5.92 Å². The van der Waals surface area contributed by atoms with Crippen LogP contribution in [0.1, 0.15) is 20.8 Å². The fourth-order valence-corrected chi connectivity index (χ4v) is 0.309. The number of hydrogen-bond acceptors (Lipinski definition) is 2. The molecule has 0 unspecified atom stereocenters. The number of hydrogen-bond donors (Lipinski definition) is 0. The summed E-state index contributed by atoms with van der Waals surface area (Å²) >= 11 is 0. The number of rotatable bonds is 2. The van der Waals surface area contributed by atoms with Gasteiger partial charge in [0.05, 0.1) is 12.5 Å². The van der Waals surface area contributed by atoms with Gasteiger partial charge in [0.25, 0.3) is 0 Å². The molecule has 0 rings (SSSR count). The van der Waals surface area contributed by atoms with E-state index in [1.165, 1.54) is 0 Å². The van der Waals surface area contributed by atoms with Crippen molar-refractivity contribution in [3.63, 3.8) is 0 Å². The Morgan fingerprint density at radius 1 is 1.56 bits per heavy atom. The van der Waals surface area contributed by atoms with Crippen LogP contribution in [-0.2, 0) is 9.53 Å². The third kappa shape index (κ3) is 6.35. The summed E-state index contributed by atoms with van der Waals surface area (Å²) in [6.07, 6.45) is 0. The molecule has 0 aromatic rings. The minimum absolute atomic E-state index is 0. The molecule has 0 spiro atoms. The van der Waals surface area contributed by atoms with Crippen LogP contribution in [0.4, 0.5) is 0 Å². The van der Waals surface area contributed by atoms with Crippen LogP contribution >= 0.6 is 0 Å². The first kappa shape index (κ1) is 12.2. The van der Waals surface area contributed by atoms with Gasteiger partial charge in [-0.2, -0.15) is 0 Å². The van der Waals surface area contributed by atoms with E-state index in [9.17, 15) is 4.79 Å². The van der Waals surface area contributed by atoms with Crippen LogP contribution in [0.5, 0.6) is 0 Å². The van der Waals surface area contributed by atoms with Crippen molar-refractivity contribution in [1.29, 1.82) is 0 Å². The van der Waals surface area contributed by atoms with E-state index in [0.717, 1.165) is 0 Å². The molecule has 0 saturated carbocycles. The Balaban J connectivity index is 0. The minimum atomic E-state index is -0.118. The molecule has 0 aromatic carbocycles. The molecule has 50 valence electrons. The van der Waals surface area contributed by atoms with Crippen molar-refractivity contribution in [2.75, 3.05) is 6.61 Å². The van der Waals surface area contributed by atoms with E-state index in [2.05, 4.69) is 4.74 Å². The van der Waals surface area contributed by atoms with Gasteiger partial charge in [-0.05, 0) is 6.92 Å². The van der Waals surface area contributed by atoms with Crippen LogP contribution in [0, 0.1) is 5.92 Å². The Morgan fingerprint density at radius 2 is 2.00 bits per heavy atom. The van der Waals surface area contributed by atoms with Crippen LogP contribution < -0.4 is 0 Å². The van der Waals surface area contributed by atoms with Crippen molar-refractivity contribution in [2.45, 2.75) is 20.8 Å². The predicted octanol–water partition coefficient (Wildman–Crippen LogP) is 0.557. The average Bonchev–Trinajstić information content (AvgIpc) is 1.67. The number of carbonyl (C=O) groups excluding carboxylic acids is 1. The van der Waals surface area contributed by atoms with E-state index >= 15 is 0 Å². The summed E-state index contributed by atoms with van der Waals surface area (Å²) in [7, 11) is 0. The fourth-order valence-electron chi connectivity index (χ4n) is 0.309. The molecule has 0 fully saturated rings. The van der Waals surface area contributed by atoms with E-state index < -0.39 is 0 Å². The first-order valence-electron chi connectivity index (χ1n) is 2.85. The topological polar surface area (TPSA) is 26.3 Å². The van der Waals surface area contributed by atoms with Gasteiger partial charge in [0.2, 0.25) is 0 Å². The zero-order chi connectivity index (χ0) is 6.57. The van der Waals surface area contributed by atoms with E-state index in [1.807, 2.05) is 13.8 Å². The Kier molecular flexibility index (Phi) is 8.91. The van der Waals surface area contributed by atoms with E-state index in [0.29, 0.717) is 6.61 Å². The molecular weight excluding hydrogens is 127 g/mol. The second kappa shape index (κ2) is 6.59. The Bertz CT molecular complexity index is 81.1. The van der Waals surface area contributed by atoms with Gasteiger partial charge in [-0.25, -0.2) is 0 Å². The summed E-state index contributed by atoms with van der Waals surface area (Å²) in [4.78, 5) is 10.5. The second-order valence-electron chi connectivity index (χ2n) is 1.91. The van der Waals surface area contributed by atoms with Crippen molar-refractivity contribution < 1.29 is 9.53 Å². The molecule has 0 radical (unpaired) electrons. The molecule has 3 heteroatoms. The number of ether oxygens (including phenoxy) is 1. The molecule has 2 nitrogen and oxygen atoms in total. The maximum atomic E-state index is 10.5. The third-order valence-electron chi connectivity index (χ3n) is 0.758. The molecule has 0 amide bonds. The van der Waals surface area contributed by atoms with Crippen LogP contribution in [0.15, 0.2) is 0 Å². The summed E-state index contributed by atoms with van der Waals surface area (Å²) < 4.78 is 4.66. The van der Waals surface area contributed by atoms with E-state index in [1.54, 1.807) is 6.92 Å². The summed E-state index contributed by atoms with van der Waals surface area (Å²) in [6.45, 7) is 5.92. The van der Waals surface area contributed by atoms with E-state index in [4.69, 9.17) is 0 Å². The van der Waals surface area contributed by atoms with Crippen molar-refractivity contribution in [3.8, 4) is 0 Å². The molecule has 0 saturated heterocycles. The molecule has 0 N–H and O–H groups in total. The zero-order valence-corrected chi connectivity index (χ0v) is 5.60. The quantitative estimate of drug-likeness (QED) is 0.413. The summed E-state index contributed by atoms with van der Waals surface area (Å²) in [5.41, 5.74) is 0. The van der Waals surface area contributed by atoms with E-state index in [-0.39, 0.29) is 41.4 Å².